The minimum Gasteiger partial charge on any atom is -0.338 e. The molecule has 2 heterocycles. The Morgan fingerprint density at radius 2 is 2.10 bits per heavy atom. The average molecular weight is 308 g/mol. The van der Waals surface area contributed by atoms with E-state index in [1.165, 1.54) is 0 Å². The molecule has 116 valence electrons. The molecule has 0 aliphatic carbocycles. The zero-order valence-corrected chi connectivity index (χ0v) is 13.7. The Morgan fingerprint density at radius 3 is 2.71 bits per heavy atom. The molecule has 21 heavy (non-hydrogen) atoms. The molecule has 1 aromatic heterocycles. The van der Waals surface area contributed by atoms with Gasteiger partial charge in [-0.25, -0.2) is 0 Å². The molecule has 1 atom stereocenters. The van der Waals surface area contributed by atoms with Crippen molar-refractivity contribution >= 4 is 23.0 Å². The first-order valence-electron chi connectivity index (χ1n) is 7.62. The van der Waals surface area contributed by atoms with Gasteiger partial charge >= 0.3 is 0 Å². The van der Waals surface area contributed by atoms with Gasteiger partial charge in [-0.2, -0.15) is 0 Å². The van der Waals surface area contributed by atoms with Crippen LogP contribution in [-0.4, -0.2) is 35.7 Å². The zero-order valence-electron chi connectivity index (χ0n) is 12.9. The second-order valence-corrected chi connectivity index (χ2v) is 7.18. The molecular formula is C16H24N2O2S. The topological polar surface area (TPSA) is 63.4 Å². The third-order valence-electron chi connectivity index (χ3n) is 4.13. The maximum Gasteiger partial charge on any atom is 0.223 e. The number of ketones is 1. The summed E-state index contributed by atoms with van der Waals surface area (Å²) >= 11 is 1.63. The van der Waals surface area contributed by atoms with Crippen LogP contribution in [0.4, 0.5) is 0 Å². The average Bonchev–Trinajstić information content (AvgIpc) is 2.83. The summed E-state index contributed by atoms with van der Waals surface area (Å²) in [4.78, 5) is 28.6. The smallest absolute Gasteiger partial charge is 0.223 e. The van der Waals surface area contributed by atoms with Crippen LogP contribution in [0, 0.1) is 13.8 Å². The Bertz CT molecular complexity index is 524. The van der Waals surface area contributed by atoms with Gasteiger partial charge in [0.2, 0.25) is 5.91 Å². The van der Waals surface area contributed by atoms with Crippen molar-refractivity contribution in [2.75, 3.05) is 13.1 Å². The Kier molecular flexibility index (Phi) is 5.53. The lowest BCUT2D eigenvalue weighted by Crippen LogP contribution is -2.47. The molecule has 0 bridgehead atoms. The van der Waals surface area contributed by atoms with E-state index in [0.29, 0.717) is 19.4 Å². The fourth-order valence-electron chi connectivity index (χ4n) is 2.98. The van der Waals surface area contributed by atoms with Gasteiger partial charge in [-0.15, -0.1) is 11.3 Å². The third-order valence-corrected chi connectivity index (χ3v) is 5.09. The third kappa shape index (κ3) is 3.92. The maximum absolute atomic E-state index is 12.3. The molecule has 0 spiro atoms. The van der Waals surface area contributed by atoms with Gasteiger partial charge in [0, 0.05) is 47.3 Å². The normalized spacial score (nSPS) is 18.8. The number of Topliss-reactive ketones (excluding diaryl/α,β-unsaturated/α-hetero) is 1. The van der Waals surface area contributed by atoms with Crippen LogP contribution in [-0.2, 0) is 4.79 Å². The Labute approximate surface area is 130 Å². The van der Waals surface area contributed by atoms with E-state index in [2.05, 4.69) is 0 Å². The van der Waals surface area contributed by atoms with Crippen molar-refractivity contribution in [3.8, 4) is 0 Å². The molecule has 0 saturated carbocycles. The summed E-state index contributed by atoms with van der Waals surface area (Å²) in [6, 6.07) is 2.09. The molecular weight excluding hydrogens is 284 g/mol. The van der Waals surface area contributed by atoms with Gasteiger partial charge in [0.15, 0.2) is 5.78 Å². The minimum absolute atomic E-state index is 0.0723. The molecule has 0 aromatic carbocycles. The van der Waals surface area contributed by atoms with E-state index < -0.39 is 0 Å². The second kappa shape index (κ2) is 7.18. The number of hydrogen-bond acceptors (Lipinski definition) is 4. The Hall–Kier alpha value is -1.20. The number of rotatable bonds is 5. The molecule has 1 unspecified atom stereocenters. The monoisotopic (exact) mass is 308 g/mol. The number of carbonyl (C=O) groups excluding carboxylic acids is 2. The van der Waals surface area contributed by atoms with Crippen molar-refractivity contribution in [3.05, 3.63) is 21.4 Å². The van der Waals surface area contributed by atoms with Crippen molar-refractivity contribution in [2.45, 2.75) is 52.0 Å². The van der Waals surface area contributed by atoms with Crippen molar-refractivity contribution in [3.63, 3.8) is 0 Å². The molecule has 0 radical (unpaired) electrons. The van der Waals surface area contributed by atoms with Gasteiger partial charge in [0.05, 0.1) is 0 Å². The van der Waals surface area contributed by atoms with Gasteiger partial charge in [-0.1, -0.05) is 0 Å². The van der Waals surface area contributed by atoms with E-state index in [9.17, 15) is 9.59 Å². The summed E-state index contributed by atoms with van der Waals surface area (Å²) in [5.41, 5.74) is 6.52. The number of nitrogens with two attached hydrogens (primary N) is 1. The number of likely N-dealkylation sites (tertiary alicyclic amines) is 1. The lowest BCUT2D eigenvalue weighted by atomic mass is 10.0. The lowest BCUT2D eigenvalue weighted by Gasteiger charge is -2.35. The molecule has 1 amide bonds. The number of amides is 1. The standard InChI is InChI=1S/C16H24N2O2S/c1-11-9-14(12(2)21-11)15(19)6-7-16(20)18-8-4-3-5-13(18)10-17/h9,13H,3-8,10,17H2,1-2H3. The van der Waals surface area contributed by atoms with Gasteiger partial charge in [-0.05, 0) is 39.2 Å². The molecule has 1 aliphatic rings. The minimum atomic E-state index is 0.0723. The zero-order chi connectivity index (χ0) is 15.4. The van der Waals surface area contributed by atoms with E-state index in [1.54, 1.807) is 11.3 Å². The fraction of sp³-hybridized carbons (Fsp3) is 0.625. The highest BCUT2D eigenvalue weighted by atomic mass is 32.1. The number of thiophene rings is 1. The SMILES string of the molecule is Cc1cc(C(=O)CCC(=O)N2CCCCC2CN)c(C)s1. The summed E-state index contributed by atoms with van der Waals surface area (Å²) in [6.45, 7) is 5.26. The van der Waals surface area contributed by atoms with Crippen LogP contribution in [0.1, 0.15) is 52.2 Å². The van der Waals surface area contributed by atoms with Crippen molar-refractivity contribution in [2.24, 2.45) is 5.73 Å². The number of aryl methyl sites for hydroxylation is 2. The van der Waals surface area contributed by atoms with Gasteiger partial charge in [-0.3, -0.25) is 9.59 Å². The molecule has 1 saturated heterocycles. The van der Waals surface area contributed by atoms with Gasteiger partial charge < -0.3 is 10.6 Å². The van der Waals surface area contributed by atoms with Gasteiger partial charge in [0.1, 0.15) is 0 Å². The predicted octanol–water partition coefficient (Wildman–Crippen LogP) is 2.67. The number of hydrogen-bond donors (Lipinski definition) is 1. The molecule has 1 aliphatic heterocycles. The Balaban J connectivity index is 1.91. The summed E-state index contributed by atoms with van der Waals surface area (Å²) in [5, 5.41) is 0. The van der Waals surface area contributed by atoms with E-state index in [-0.39, 0.29) is 17.7 Å². The van der Waals surface area contributed by atoms with Gasteiger partial charge in [0.25, 0.3) is 0 Å². The molecule has 2 N–H and O–H groups in total. The number of nitrogens with zero attached hydrogens (tertiary/aromatic N) is 1. The quantitative estimate of drug-likeness (QED) is 0.851. The van der Waals surface area contributed by atoms with Crippen molar-refractivity contribution in [1.82, 2.24) is 4.90 Å². The summed E-state index contributed by atoms with van der Waals surface area (Å²) < 4.78 is 0. The van der Waals surface area contributed by atoms with Crippen LogP contribution < -0.4 is 5.73 Å². The number of carbonyl (C=O) groups is 2. The predicted molar refractivity (Wildman–Crippen MR) is 85.8 cm³/mol. The highest BCUT2D eigenvalue weighted by Gasteiger charge is 2.25. The van der Waals surface area contributed by atoms with E-state index in [0.717, 1.165) is 41.1 Å². The van der Waals surface area contributed by atoms with E-state index in [4.69, 9.17) is 5.73 Å². The van der Waals surface area contributed by atoms with Crippen LogP contribution in [0.25, 0.3) is 0 Å². The summed E-state index contributed by atoms with van der Waals surface area (Å²) in [7, 11) is 0. The van der Waals surface area contributed by atoms with E-state index >= 15 is 0 Å². The van der Waals surface area contributed by atoms with Crippen molar-refractivity contribution < 1.29 is 9.59 Å². The summed E-state index contributed by atoms with van der Waals surface area (Å²) in [5.74, 6) is 0.148. The number of piperidine rings is 1. The Morgan fingerprint density at radius 1 is 1.33 bits per heavy atom. The van der Waals surface area contributed by atoms with Crippen LogP contribution >= 0.6 is 11.3 Å². The summed E-state index contributed by atoms with van der Waals surface area (Å²) in [6.07, 6.45) is 3.75. The first kappa shape index (κ1) is 16.2. The van der Waals surface area contributed by atoms with Crippen LogP contribution in [0.2, 0.25) is 0 Å². The first-order valence-corrected chi connectivity index (χ1v) is 8.44. The largest absolute Gasteiger partial charge is 0.338 e. The molecule has 2 rings (SSSR count). The molecule has 1 aromatic rings. The molecule has 4 nitrogen and oxygen atoms in total. The highest BCUT2D eigenvalue weighted by molar-refractivity contribution is 7.12. The molecule has 1 fully saturated rings. The van der Waals surface area contributed by atoms with Crippen LogP contribution in [0.15, 0.2) is 6.07 Å². The first-order chi connectivity index (χ1) is 10.0. The highest BCUT2D eigenvalue weighted by Crippen LogP contribution is 2.23. The van der Waals surface area contributed by atoms with Crippen molar-refractivity contribution in [1.29, 1.82) is 0 Å². The fourth-order valence-corrected chi connectivity index (χ4v) is 3.92. The maximum atomic E-state index is 12.3. The lowest BCUT2D eigenvalue weighted by molar-refractivity contribution is -0.134. The van der Waals surface area contributed by atoms with Crippen LogP contribution in [0.3, 0.4) is 0 Å². The van der Waals surface area contributed by atoms with E-state index in [1.807, 2.05) is 24.8 Å². The molecule has 5 heteroatoms. The van der Waals surface area contributed by atoms with Crippen LogP contribution in [0.5, 0.6) is 0 Å². The second-order valence-electron chi connectivity index (χ2n) is 5.72.